The Balaban J connectivity index is 1.67. The van der Waals surface area contributed by atoms with E-state index in [0.29, 0.717) is 38.9 Å². The molecule has 2 N–H and O–H groups in total. The maximum Gasteiger partial charge on any atom is 0.271 e. The van der Waals surface area contributed by atoms with Gasteiger partial charge in [-0.2, -0.15) is 15.0 Å². The first-order valence-corrected chi connectivity index (χ1v) is 11.5. The van der Waals surface area contributed by atoms with Crippen LogP contribution in [0.15, 0.2) is 51.7 Å². The molecule has 2 aromatic carbocycles. The highest BCUT2D eigenvalue weighted by Gasteiger charge is 2.22. The van der Waals surface area contributed by atoms with Gasteiger partial charge in [-0.25, -0.2) is 4.98 Å². The Hall–Kier alpha value is -4.24. The van der Waals surface area contributed by atoms with Crippen LogP contribution in [-0.2, 0) is 7.05 Å². The molecule has 0 saturated carbocycles. The van der Waals surface area contributed by atoms with E-state index in [1.807, 2.05) is 31.2 Å². The van der Waals surface area contributed by atoms with Crippen molar-refractivity contribution in [3.63, 3.8) is 0 Å². The fourth-order valence-electron chi connectivity index (χ4n) is 4.26. The molecular weight excluding hydrogens is 482 g/mol. The first-order valence-electron chi connectivity index (χ1n) is 11.1. The van der Waals surface area contributed by atoms with E-state index in [0.717, 1.165) is 11.1 Å². The van der Waals surface area contributed by atoms with Gasteiger partial charge in [0.25, 0.3) is 5.91 Å². The van der Waals surface area contributed by atoms with Crippen molar-refractivity contribution in [1.29, 1.82) is 0 Å². The van der Waals surface area contributed by atoms with Crippen LogP contribution in [0.25, 0.3) is 33.3 Å². The van der Waals surface area contributed by atoms with Crippen LogP contribution in [0.3, 0.4) is 0 Å². The second-order valence-electron chi connectivity index (χ2n) is 8.61. The summed E-state index contributed by atoms with van der Waals surface area (Å²) >= 11 is 5.93. The Kier molecular flexibility index (Phi) is 5.72. The Labute approximate surface area is 210 Å². The number of rotatable bonds is 5. The van der Waals surface area contributed by atoms with Gasteiger partial charge in [-0.05, 0) is 68.8 Å². The van der Waals surface area contributed by atoms with E-state index < -0.39 is 12.0 Å². The summed E-state index contributed by atoms with van der Waals surface area (Å²) in [6.45, 7) is 5.42. The molecule has 0 aliphatic carbocycles. The lowest BCUT2D eigenvalue weighted by Gasteiger charge is -2.19. The summed E-state index contributed by atoms with van der Waals surface area (Å²) in [7, 11) is 1.75. The van der Waals surface area contributed by atoms with Crippen LogP contribution >= 0.6 is 11.6 Å². The molecule has 10 heteroatoms. The minimum atomic E-state index is -0.766. The highest BCUT2D eigenvalue weighted by Crippen LogP contribution is 2.34. The molecule has 3 aromatic heterocycles. The summed E-state index contributed by atoms with van der Waals surface area (Å²) in [4.78, 5) is 30.8. The van der Waals surface area contributed by atoms with Gasteiger partial charge in [0.15, 0.2) is 16.9 Å². The molecular formula is C26H22ClN5O4. The Morgan fingerprint density at radius 3 is 2.61 bits per heavy atom. The number of carbonyl (C=O) groups excluding carboxylic acids is 1. The molecule has 1 amide bonds. The minimum Gasteiger partial charge on any atom is -0.483 e. The number of nitrogens with two attached hydrogens (primary N) is 1. The van der Waals surface area contributed by atoms with Crippen molar-refractivity contribution in [2.75, 3.05) is 0 Å². The topological polar surface area (TPSA) is 126 Å². The summed E-state index contributed by atoms with van der Waals surface area (Å²) in [6.07, 6.45) is -0.616. The number of aromatic nitrogens is 4. The fourth-order valence-corrected chi connectivity index (χ4v) is 4.40. The molecule has 0 bridgehead atoms. The van der Waals surface area contributed by atoms with Gasteiger partial charge in [0.05, 0.1) is 5.39 Å². The molecule has 1 atom stereocenters. The number of hydrogen-bond acceptors (Lipinski definition) is 7. The molecule has 0 saturated heterocycles. The molecule has 0 radical (unpaired) electrons. The second kappa shape index (κ2) is 8.76. The first kappa shape index (κ1) is 23.5. The van der Waals surface area contributed by atoms with Gasteiger partial charge < -0.3 is 14.9 Å². The lowest BCUT2D eigenvalue weighted by Crippen LogP contribution is -2.17. The smallest absolute Gasteiger partial charge is 0.271 e. The number of primary amides is 1. The summed E-state index contributed by atoms with van der Waals surface area (Å²) < 4.78 is 12.5. The number of nitrogens with zero attached hydrogens (tertiary/aromatic N) is 4. The maximum atomic E-state index is 13.4. The highest BCUT2D eigenvalue weighted by atomic mass is 35.5. The van der Waals surface area contributed by atoms with Gasteiger partial charge in [0.2, 0.25) is 0 Å². The average molecular weight is 504 g/mol. The third kappa shape index (κ3) is 4.07. The van der Waals surface area contributed by atoms with E-state index >= 15 is 0 Å². The van der Waals surface area contributed by atoms with Crippen molar-refractivity contribution in [3.05, 3.63) is 80.2 Å². The van der Waals surface area contributed by atoms with Crippen LogP contribution in [0.1, 0.15) is 40.2 Å². The minimum absolute atomic E-state index is 0.0819. The monoisotopic (exact) mass is 503 g/mol. The molecule has 0 aliphatic heterocycles. The van der Waals surface area contributed by atoms with Gasteiger partial charge in [-0.15, -0.1) is 0 Å². The summed E-state index contributed by atoms with van der Waals surface area (Å²) in [6, 6.07) is 12.2. The fraction of sp³-hybridized carbons (Fsp3) is 0.192. The third-order valence-electron chi connectivity index (χ3n) is 5.93. The van der Waals surface area contributed by atoms with Gasteiger partial charge >= 0.3 is 0 Å². The van der Waals surface area contributed by atoms with E-state index in [4.69, 9.17) is 26.5 Å². The number of carbonyl (C=O) groups is 1. The van der Waals surface area contributed by atoms with E-state index in [9.17, 15) is 9.59 Å². The van der Waals surface area contributed by atoms with Crippen molar-refractivity contribution < 1.29 is 13.9 Å². The number of halogens is 1. The van der Waals surface area contributed by atoms with Crippen LogP contribution in [0.2, 0.25) is 5.15 Å². The summed E-state index contributed by atoms with van der Waals surface area (Å²) in [5, 5.41) is 9.22. The van der Waals surface area contributed by atoms with E-state index in [2.05, 4.69) is 15.2 Å². The Bertz CT molecular complexity index is 1740. The molecule has 5 aromatic rings. The number of benzene rings is 2. The lowest BCUT2D eigenvalue weighted by molar-refractivity contribution is 0.0988. The quantitative estimate of drug-likeness (QED) is 0.346. The molecule has 5 rings (SSSR count). The largest absolute Gasteiger partial charge is 0.483 e. The van der Waals surface area contributed by atoms with Gasteiger partial charge in [0.1, 0.15) is 33.6 Å². The van der Waals surface area contributed by atoms with Gasteiger partial charge in [0, 0.05) is 23.7 Å². The van der Waals surface area contributed by atoms with E-state index in [-0.39, 0.29) is 22.0 Å². The molecule has 0 spiro atoms. The Morgan fingerprint density at radius 2 is 1.86 bits per heavy atom. The molecule has 0 unspecified atom stereocenters. The molecule has 0 fully saturated rings. The number of hydrogen-bond donors (Lipinski definition) is 1. The molecule has 36 heavy (non-hydrogen) atoms. The molecule has 182 valence electrons. The predicted molar refractivity (Wildman–Crippen MR) is 136 cm³/mol. The van der Waals surface area contributed by atoms with Crippen molar-refractivity contribution in [2.45, 2.75) is 26.9 Å². The van der Waals surface area contributed by atoms with E-state index in [1.165, 1.54) is 16.9 Å². The number of pyridine rings is 1. The standard InChI is InChI=1S/C26H22ClN5O4/c1-12-9-16(14(3)35-20-7-8-21(27)29-22(20)26(28)34)25-17(10-12)23(33)13(2)24(36-25)15-5-6-18-19(11-15)31-32(4)30-18/h5-11,14H,1-4H3,(H2,28,34)/t14-/m1/s1. The summed E-state index contributed by atoms with van der Waals surface area (Å²) in [5.41, 5.74) is 9.73. The summed E-state index contributed by atoms with van der Waals surface area (Å²) in [5.74, 6) is -0.155. The Morgan fingerprint density at radius 1 is 1.11 bits per heavy atom. The van der Waals surface area contributed by atoms with Crippen LogP contribution in [0.4, 0.5) is 0 Å². The van der Waals surface area contributed by atoms with Crippen LogP contribution < -0.4 is 15.9 Å². The zero-order chi connectivity index (χ0) is 25.7. The van der Waals surface area contributed by atoms with E-state index in [1.54, 1.807) is 27.0 Å². The number of ether oxygens (including phenoxy) is 1. The third-order valence-corrected chi connectivity index (χ3v) is 6.14. The van der Waals surface area contributed by atoms with Crippen molar-refractivity contribution in [2.24, 2.45) is 12.8 Å². The lowest BCUT2D eigenvalue weighted by atomic mass is 10.00. The van der Waals surface area contributed by atoms with Crippen molar-refractivity contribution in [3.8, 4) is 17.1 Å². The number of fused-ring (bicyclic) bond motifs is 2. The number of amides is 1. The first-order chi connectivity index (χ1) is 17.1. The normalized spacial score (nSPS) is 12.2. The molecule has 9 nitrogen and oxygen atoms in total. The van der Waals surface area contributed by atoms with Gasteiger partial charge in [-0.3, -0.25) is 9.59 Å². The van der Waals surface area contributed by atoms with Crippen molar-refractivity contribution >= 4 is 39.5 Å². The molecule has 3 heterocycles. The SMILES string of the molecule is Cc1cc([C@@H](C)Oc2ccc(Cl)nc2C(N)=O)c2oc(-c3ccc4nn(C)nc4c3)c(C)c(=O)c2c1. The zero-order valence-corrected chi connectivity index (χ0v) is 20.8. The second-order valence-corrected chi connectivity index (χ2v) is 9.00. The van der Waals surface area contributed by atoms with Gasteiger partial charge in [-0.1, -0.05) is 11.6 Å². The average Bonchev–Trinajstić information content (AvgIpc) is 3.21. The van der Waals surface area contributed by atoms with Crippen LogP contribution in [0.5, 0.6) is 5.75 Å². The zero-order valence-electron chi connectivity index (χ0n) is 20.0. The predicted octanol–water partition coefficient (Wildman–Crippen LogP) is 4.65. The molecule has 0 aliphatic rings. The van der Waals surface area contributed by atoms with Crippen LogP contribution in [-0.4, -0.2) is 25.9 Å². The van der Waals surface area contributed by atoms with Crippen LogP contribution in [0, 0.1) is 13.8 Å². The highest BCUT2D eigenvalue weighted by molar-refractivity contribution is 6.29. The van der Waals surface area contributed by atoms with Crippen molar-refractivity contribution in [1.82, 2.24) is 20.0 Å². The number of aryl methyl sites for hydroxylation is 2. The maximum absolute atomic E-state index is 13.4.